The molecule has 1 aliphatic rings. The molecule has 1 aromatic carbocycles. The molecule has 7 heteroatoms. The maximum absolute atomic E-state index is 12.9. The van der Waals surface area contributed by atoms with Crippen molar-refractivity contribution >= 4 is 17.7 Å². The molecule has 0 aliphatic heterocycles. The maximum Gasteiger partial charge on any atom is 0.238 e. The van der Waals surface area contributed by atoms with Gasteiger partial charge in [0.15, 0.2) is 11.0 Å². The molecule has 2 aromatic heterocycles. The third-order valence-corrected chi connectivity index (χ3v) is 5.67. The summed E-state index contributed by atoms with van der Waals surface area (Å²) in [5.41, 5.74) is 1.82. The van der Waals surface area contributed by atoms with Crippen molar-refractivity contribution in [1.29, 1.82) is 0 Å². The van der Waals surface area contributed by atoms with E-state index in [1.54, 1.807) is 18.5 Å². The number of amides is 1. The van der Waals surface area contributed by atoms with Gasteiger partial charge in [0, 0.05) is 30.5 Å². The third-order valence-electron chi connectivity index (χ3n) is 4.44. The highest BCUT2D eigenvalue weighted by atomic mass is 32.2. The van der Waals surface area contributed by atoms with E-state index in [-0.39, 0.29) is 5.91 Å². The van der Waals surface area contributed by atoms with Gasteiger partial charge in [-0.2, -0.15) is 0 Å². The molecule has 1 unspecified atom stereocenters. The third kappa shape index (κ3) is 4.14. The van der Waals surface area contributed by atoms with Gasteiger partial charge in [-0.05, 0) is 30.5 Å². The number of hydrogen-bond acceptors (Lipinski definition) is 5. The van der Waals surface area contributed by atoms with Gasteiger partial charge in [0.2, 0.25) is 5.91 Å². The molecule has 1 saturated carbocycles. The van der Waals surface area contributed by atoms with Crippen LogP contribution in [0.3, 0.4) is 0 Å². The second-order valence-electron chi connectivity index (χ2n) is 6.64. The molecule has 1 N–H and O–H groups in total. The summed E-state index contributed by atoms with van der Waals surface area (Å²) in [6, 6.07) is 13.9. The summed E-state index contributed by atoms with van der Waals surface area (Å²) >= 11 is 1.41. The van der Waals surface area contributed by atoms with Crippen molar-refractivity contribution in [1.82, 2.24) is 25.1 Å². The van der Waals surface area contributed by atoms with Crippen LogP contribution in [-0.4, -0.2) is 31.7 Å². The van der Waals surface area contributed by atoms with Gasteiger partial charge in [-0.15, -0.1) is 16.8 Å². The molecule has 6 nitrogen and oxygen atoms in total. The van der Waals surface area contributed by atoms with Crippen LogP contribution in [0.25, 0.3) is 11.4 Å². The lowest BCUT2D eigenvalue weighted by Crippen LogP contribution is -2.30. The van der Waals surface area contributed by atoms with E-state index in [1.807, 2.05) is 47.0 Å². The molecule has 28 heavy (non-hydrogen) atoms. The van der Waals surface area contributed by atoms with E-state index in [9.17, 15) is 4.79 Å². The Morgan fingerprint density at radius 2 is 2.07 bits per heavy atom. The van der Waals surface area contributed by atoms with Crippen molar-refractivity contribution in [3.8, 4) is 11.4 Å². The number of benzene rings is 1. The number of carbonyl (C=O) groups is 1. The predicted octanol–water partition coefficient (Wildman–Crippen LogP) is 3.64. The fourth-order valence-corrected chi connectivity index (χ4v) is 3.94. The van der Waals surface area contributed by atoms with Crippen LogP contribution >= 0.6 is 11.8 Å². The van der Waals surface area contributed by atoms with Crippen molar-refractivity contribution in [3.63, 3.8) is 0 Å². The van der Waals surface area contributed by atoms with Gasteiger partial charge in [0.1, 0.15) is 5.25 Å². The Bertz CT molecular complexity index is 953. The SMILES string of the molecule is C=CCn1c(SC(C(=O)NC2CC2)c2ccccc2)nnc1-c1cccnc1. The fraction of sp³-hybridized carbons (Fsp3) is 0.238. The van der Waals surface area contributed by atoms with Crippen molar-refractivity contribution in [2.45, 2.75) is 35.8 Å². The summed E-state index contributed by atoms with van der Waals surface area (Å²) in [4.78, 5) is 17.1. The lowest BCUT2D eigenvalue weighted by molar-refractivity contribution is -0.120. The summed E-state index contributed by atoms with van der Waals surface area (Å²) in [6.45, 7) is 4.40. The molecule has 0 bridgehead atoms. The van der Waals surface area contributed by atoms with Gasteiger partial charge in [0.05, 0.1) is 0 Å². The number of pyridine rings is 1. The minimum atomic E-state index is -0.392. The van der Waals surface area contributed by atoms with Crippen LogP contribution in [-0.2, 0) is 11.3 Å². The summed E-state index contributed by atoms with van der Waals surface area (Å²) in [7, 11) is 0. The smallest absolute Gasteiger partial charge is 0.238 e. The molecule has 1 atom stereocenters. The van der Waals surface area contributed by atoms with Crippen LogP contribution in [0.15, 0.2) is 72.7 Å². The van der Waals surface area contributed by atoms with Gasteiger partial charge in [0.25, 0.3) is 0 Å². The van der Waals surface area contributed by atoms with Crippen LogP contribution < -0.4 is 5.32 Å². The van der Waals surface area contributed by atoms with Gasteiger partial charge < -0.3 is 5.32 Å². The zero-order valence-corrected chi connectivity index (χ0v) is 16.2. The van der Waals surface area contributed by atoms with Gasteiger partial charge in [-0.3, -0.25) is 14.3 Å². The molecule has 3 aromatic rings. The Morgan fingerprint density at radius 3 is 2.75 bits per heavy atom. The summed E-state index contributed by atoms with van der Waals surface area (Å²) in [6.07, 6.45) is 7.38. The number of nitrogens with one attached hydrogen (secondary N) is 1. The molecule has 1 amide bonds. The molecule has 0 spiro atoms. The van der Waals surface area contributed by atoms with Crippen LogP contribution in [0.5, 0.6) is 0 Å². The second-order valence-corrected chi connectivity index (χ2v) is 7.71. The van der Waals surface area contributed by atoms with Gasteiger partial charge in [-0.25, -0.2) is 0 Å². The quantitative estimate of drug-likeness (QED) is 0.469. The first kappa shape index (κ1) is 18.4. The number of allylic oxidation sites excluding steroid dienone is 1. The average Bonchev–Trinajstić information content (AvgIpc) is 3.46. The van der Waals surface area contributed by atoms with Crippen LogP contribution in [0.1, 0.15) is 23.7 Å². The maximum atomic E-state index is 12.9. The van der Waals surface area contributed by atoms with Crippen molar-refractivity contribution < 1.29 is 4.79 Å². The molecule has 1 fully saturated rings. The highest BCUT2D eigenvalue weighted by Gasteiger charge is 2.30. The Morgan fingerprint density at radius 1 is 1.25 bits per heavy atom. The first-order valence-corrected chi connectivity index (χ1v) is 10.1. The monoisotopic (exact) mass is 391 g/mol. The molecule has 2 heterocycles. The van der Waals surface area contributed by atoms with Crippen molar-refractivity contribution in [2.24, 2.45) is 0 Å². The van der Waals surface area contributed by atoms with Gasteiger partial charge in [-0.1, -0.05) is 48.2 Å². The molecule has 0 saturated heterocycles. The van der Waals surface area contributed by atoms with Gasteiger partial charge >= 0.3 is 0 Å². The first-order valence-electron chi connectivity index (χ1n) is 9.22. The first-order chi connectivity index (χ1) is 13.8. The van der Waals surface area contributed by atoms with E-state index >= 15 is 0 Å². The summed E-state index contributed by atoms with van der Waals surface area (Å²) in [5, 5.41) is 12.1. The number of thioether (sulfide) groups is 1. The zero-order valence-electron chi connectivity index (χ0n) is 15.4. The van der Waals surface area contributed by atoms with Crippen LogP contribution in [0, 0.1) is 0 Å². The molecule has 142 valence electrons. The van der Waals surface area contributed by atoms with E-state index < -0.39 is 5.25 Å². The molecule has 1 aliphatic carbocycles. The zero-order chi connectivity index (χ0) is 19.3. The average molecular weight is 392 g/mol. The Kier molecular flexibility index (Phi) is 5.53. The number of aromatic nitrogens is 4. The minimum Gasteiger partial charge on any atom is -0.352 e. The minimum absolute atomic E-state index is 0.00906. The normalized spacial score (nSPS) is 14.4. The second kappa shape index (κ2) is 8.39. The largest absolute Gasteiger partial charge is 0.352 e. The van der Waals surface area contributed by atoms with Crippen molar-refractivity contribution in [2.75, 3.05) is 0 Å². The lowest BCUT2D eigenvalue weighted by Gasteiger charge is -2.17. The molecular weight excluding hydrogens is 370 g/mol. The van der Waals surface area contributed by atoms with E-state index in [0.29, 0.717) is 23.6 Å². The predicted molar refractivity (Wildman–Crippen MR) is 110 cm³/mol. The number of carbonyl (C=O) groups excluding carboxylic acids is 1. The standard InChI is InChI=1S/C21H21N5OS/c1-2-13-26-19(16-9-6-12-22-14-16)24-25-21(26)28-18(15-7-4-3-5-8-15)20(27)23-17-10-11-17/h2-9,12,14,17-18H,1,10-11,13H2,(H,23,27). The number of hydrogen-bond donors (Lipinski definition) is 1. The number of rotatable bonds is 8. The van der Waals surface area contributed by atoms with Crippen LogP contribution in [0.2, 0.25) is 0 Å². The van der Waals surface area contributed by atoms with Crippen molar-refractivity contribution in [3.05, 3.63) is 73.1 Å². The lowest BCUT2D eigenvalue weighted by atomic mass is 10.1. The molecule has 0 radical (unpaired) electrons. The van der Waals surface area contributed by atoms with Crippen LogP contribution in [0.4, 0.5) is 0 Å². The van der Waals surface area contributed by atoms with E-state index in [4.69, 9.17) is 0 Å². The number of nitrogens with zero attached hydrogens (tertiary/aromatic N) is 4. The molecule has 4 rings (SSSR count). The topological polar surface area (TPSA) is 72.7 Å². The Balaban J connectivity index is 1.67. The fourth-order valence-electron chi connectivity index (χ4n) is 2.89. The van der Waals surface area contributed by atoms with E-state index in [2.05, 4.69) is 27.1 Å². The summed E-state index contributed by atoms with van der Waals surface area (Å²) < 4.78 is 1.97. The van der Waals surface area contributed by atoms with E-state index in [1.165, 1.54) is 11.8 Å². The molecular formula is C21H21N5OS. The highest BCUT2D eigenvalue weighted by Crippen LogP contribution is 2.36. The Labute approximate surface area is 168 Å². The van der Waals surface area contributed by atoms with E-state index in [0.717, 1.165) is 24.0 Å². The Hall–Kier alpha value is -2.93. The highest BCUT2D eigenvalue weighted by molar-refractivity contribution is 8.00. The summed E-state index contributed by atoms with van der Waals surface area (Å²) in [5.74, 6) is 0.722.